The lowest BCUT2D eigenvalue weighted by molar-refractivity contribution is -0.139. The zero-order valence-corrected chi connectivity index (χ0v) is 13.1. The van der Waals surface area contributed by atoms with Crippen LogP contribution in [-0.4, -0.2) is 40.5 Å². The number of hydrogen-bond donors (Lipinski definition) is 1. The van der Waals surface area contributed by atoms with Gasteiger partial charge in [-0.25, -0.2) is 9.78 Å². The molecule has 116 valence electrons. The van der Waals surface area contributed by atoms with Crippen LogP contribution in [0.1, 0.15) is 20.9 Å². The molecule has 0 aliphatic carbocycles. The second-order valence-electron chi connectivity index (χ2n) is 4.73. The lowest BCUT2D eigenvalue weighted by Gasteiger charge is -2.17. The van der Waals surface area contributed by atoms with E-state index in [0.29, 0.717) is 17.9 Å². The molecule has 1 aromatic heterocycles. The molecule has 2 aromatic rings. The highest BCUT2D eigenvalue weighted by Crippen LogP contribution is 2.18. The summed E-state index contributed by atoms with van der Waals surface area (Å²) >= 11 is 1.51. The lowest BCUT2D eigenvalue weighted by Crippen LogP contribution is -2.26. The van der Waals surface area contributed by atoms with Crippen molar-refractivity contribution in [1.82, 2.24) is 9.88 Å². The number of thiazole rings is 1. The van der Waals surface area contributed by atoms with Gasteiger partial charge in [0.2, 0.25) is 0 Å². The van der Waals surface area contributed by atoms with Crippen LogP contribution in [0.5, 0.6) is 5.75 Å². The Labute approximate surface area is 132 Å². The molecule has 0 spiro atoms. The maximum absolute atomic E-state index is 12.4. The van der Waals surface area contributed by atoms with E-state index >= 15 is 0 Å². The summed E-state index contributed by atoms with van der Waals surface area (Å²) in [4.78, 5) is 29.7. The van der Waals surface area contributed by atoms with E-state index in [0.717, 1.165) is 10.6 Å². The summed E-state index contributed by atoms with van der Waals surface area (Å²) in [6.07, 6.45) is 0. The first-order valence-electron chi connectivity index (χ1n) is 6.56. The molecule has 0 aliphatic heterocycles. The molecule has 1 N–H and O–H groups in total. The standard InChI is InChI=1S/C15H16N2O4S/c1-10-13(22-9-16-10)7-17(2)15(20)11-4-3-5-12(6-11)21-8-14(18)19/h3-6,9H,7-8H2,1-2H3,(H,18,19). The van der Waals surface area contributed by atoms with Crippen LogP contribution in [0.15, 0.2) is 29.8 Å². The zero-order chi connectivity index (χ0) is 16.1. The summed E-state index contributed by atoms with van der Waals surface area (Å²) in [7, 11) is 1.71. The van der Waals surface area contributed by atoms with E-state index < -0.39 is 12.6 Å². The fraction of sp³-hybridized carbons (Fsp3) is 0.267. The van der Waals surface area contributed by atoms with E-state index in [1.54, 1.807) is 41.7 Å². The Morgan fingerprint density at radius 3 is 2.82 bits per heavy atom. The SMILES string of the molecule is Cc1ncsc1CN(C)C(=O)c1cccc(OCC(=O)O)c1. The number of nitrogens with zero attached hydrogens (tertiary/aromatic N) is 2. The number of carbonyl (C=O) groups is 2. The average Bonchev–Trinajstić information content (AvgIpc) is 2.90. The number of aryl methyl sites for hydroxylation is 1. The van der Waals surface area contributed by atoms with Gasteiger partial charge >= 0.3 is 5.97 Å². The second-order valence-corrected chi connectivity index (χ2v) is 5.67. The van der Waals surface area contributed by atoms with E-state index in [1.807, 2.05) is 6.92 Å². The largest absolute Gasteiger partial charge is 0.482 e. The Bertz CT molecular complexity index is 684. The number of carboxylic acid groups (broad SMARTS) is 1. The third-order valence-electron chi connectivity index (χ3n) is 3.02. The predicted octanol–water partition coefficient (Wildman–Crippen LogP) is 2.19. The van der Waals surface area contributed by atoms with Crippen LogP contribution < -0.4 is 4.74 Å². The Balaban J connectivity index is 2.06. The fourth-order valence-electron chi connectivity index (χ4n) is 1.85. The van der Waals surface area contributed by atoms with E-state index in [-0.39, 0.29) is 5.91 Å². The average molecular weight is 320 g/mol. The summed E-state index contributed by atoms with van der Waals surface area (Å²) in [5.74, 6) is -0.862. The number of aromatic nitrogens is 1. The molecule has 0 bridgehead atoms. The Morgan fingerprint density at radius 2 is 2.18 bits per heavy atom. The molecule has 1 amide bonds. The number of ether oxygens (including phenoxy) is 1. The van der Waals surface area contributed by atoms with Gasteiger partial charge in [0.25, 0.3) is 5.91 Å². The van der Waals surface area contributed by atoms with Crippen LogP contribution in [0, 0.1) is 6.92 Å². The molecule has 6 nitrogen and oxygen atoms in total. The van der Waals surface area contributed by atoms with Crippen molar-refractivity contribution in [2.75, 3.05) is 13.7 Å². The van der Waals surface area contributed by atoms with E-state index in [1.165, 1.54) is 11.3 Å². The molecule has 0 radical (unpaired) electrons. The van der Waals surface area contributed by atoms with Gasteiger partial charge in [0.15, 0.2) is 6.61 Å². The van der Waals surface area contributed by atoms with Gasteiger partial charge in [-0.15, -0.1) is 11.3 Å². The molecule has 0 saturated carbocycles. The van der Waals surface area contributed by atoms with Gasteiger partial charge in [-0.05, 0) is 25.1 Å². The minimum absolute atomic E-state index is 0.159. The third-order valence-corrected chi connectivity index (χ3v) is 3.94. The minimum atomic E-state index is -1.06. The van der Waals surface area contributed by atoms with Crippen molar-refractivity contribution >= 4 is 23.2 Å². The number of hydrogen-bond acceptors (Lipinski definition) is 5. The molecule has 0 atom stereocenters. The van der Waals surface area contributed by atoms with Crippen LogP contribution in [0.25, 0.3) is 0 Å². The van der Waals surface area contributed by atoms with Crippen LogP contribution in [0.2, 0.25) is 0 Å². The van der Waals surface area contributed by atoms with Crippen LogP contribution in [0.3, 0.4) is 0 Å². The maximum Gasteiger partial charge on any atom is 0.341 e. The quantitative estimate of drug-likeness (QED) is 0.882. The summed E-state index contributed by atoms with van der Waals surface area (Å²) in [5.41, 5.74) is 3.12. The Hall–Kier alpha value is -2.41. The summed E-state index contributed by atoms with van der Waals surface area (Å²) in [6.45, 7) is 1.95. The number of amides is 1. The molecule has 1 aromatic carbocycles. The highest BCUT2D eigenvalue weighted by Gasteiger charge is 2.15. The third kappa shape index (κ3) is 4.05. The monoisotopic (exact) mass is 320 g/mol. The van der Waals surface area contributed by atoms with Gasteiger partial charge in [0, 0.05) is 17.5 Å². The van der Waals surface area contributed by atoms with Gasteiger partial charge < -0.3 is 14.7 Å². The predicted molar refractivity (Wildman–Crippen MR) is 82.2 cm³/mol. The summed E-state index contributed by atoms with van der Waals surface area (Å²) < 4.78 is 5.08. The van der Waals surface area contributed by atoms with Crippen molar-refractivity contribution in [2.45, 2.75) is 13.5 Å². The smallest absolute Gasteiger partial charge is 0.341 e. The fourth-order valence-corrected chi connectivity index (χ4v) is 2.68. The van der Waals surface area contributed by atoms with Crippen molar-refractivity contribution < 1.29 is 19.4 Å². The molecular weight excluding hydrogens is 304 g/mol. The Kier molecular flexibility index (Phi) is 5.11. The number of rotatable bonds is 6. The molecule has 7 heteroatoms. The number of aliphatic carboxylic acids is 1. The van der Waals surface area contributed by atoms with Crippen molar-refractivity contribution in [3.63, 3.8) is 0 Å². The van der Waals surface area contributed by atoms with Gasteiger partial charge in [0.1, 0.15) is 5.75 Å². The molecule has 1 heterocycles. The number of carboxylic acids is 1. The first-order valence-corrected chi connectivity index (χ1v) is 7.44. The molecule has 0 aliphatic rings. The number of carbonyl (C=O) groups excluding carboxylic acids is 1. The van der Waals surface area contributed by atoms with Crippen molar-refractivity contribution in [1.29, 1.82) is 0 Å². The van der Waals surface area contributed by atoms with Crippen molar-refractivity contribution in [3.8, 4) is 5.75 Å². The minimum Gasteiger partial charge on any atom is -0.482 e. The van der Waals surface area contributed by atoms with Crippen LogP contribution >= 0.6 is 11.3 Å². The lowest BCUT2D eigenvalue weighted by atomic mass is 10.2. The molecular formula is C15H16N2O4S. The Morgan fingerprint density at radius 1 is 1.41 bits per heavy atom. The van der Waals surface area contributed by atoms with E-state index in [2.05, 4.69) is 4.98 Å². The highest BCUT2D eigenvalue weighted by molar-refractivity contribution is 7.09. The normalized spacial score (nSPS) is 10.3. The molecule has 0 saturated heterocycles. The van der Waals surface area contributed by atoms with Crippen LogP contribution in [-0.2, 0) is 11.3 Å². The van der Waals surface area contributed by atoms with Gasteiger partial charge in [-0.2, -0.15) is 0 Å². The molecule has 0 unspecified atom stereocenters. The first kappa shape index (κ1) is 16.0. The van der Waals surface area contributed by atoms with E-state index in [4.69, 9.17) is 9.84 Å². The van der Waals surface area contributed by atoms with Crippen LogP contribution in [0.4, 0.5) is 0 Å². The van der Waals surface area contributed by atoms with Crippen molar-refractivity contribution in [3.05, 3.63) is 45.9 Å². The zero-order valence-electron chi connectivity index (χ0n) is 12.3. The molecule has 2 rings (SSSR count). The van der Waals surface area contributed by atoms with E-state index in [9.17, 15) is 9.59 Å². The number of benzene rings is 1. The first-order chi connectivity index (χ1) is 10.5. The molecule has 0 fully saturated rings. The van der Waals surface area contributed by atoms with Gasteiger partial charge in [0.05, 0.1) is 17.7 Å². The van der Waals surface area contributed by atoms with Gasteiger partial charge in [-0.3, -0.25) is 4.79 Å². The summed E-state index contributed by atoms with van der Waals surface area (Å²) in [6, 6.07) is 6.50. The maximum atomic E-state index is 12.4. The topological polar surface area (TPSA) is 79.7 Å². The summed E-state index contributed by atoms with van der Waals surface area (Å²) in [5, 5.41) is 8.61. The second kappa shape index (κ2) is 7.04. The van der Waals surface area contributed by atoms with Gasteiger partial charge in [-0.1, -0.05) is 6.07 Å². The molecule has 22 heavy (non-hydrogen) atoms. The highest BCUT2D eigenvalue weighted by atomic mass is 32.1. The van der Waals surface area contributed by atoms with Crippen molar-refractivity contribution in [2.24, 2.45) is 0 Å².